The lowest BCUT2D eigenvalue weighted by atomic mass is 9.82. The molecule has 2 nitrogen and oxygen atoms in total. The topological polar surface area (TPSA) is 24.9 Å². The number of halogens is 2. The van der Waals surface area contributed by atoms with Crippen molar-refractivity contribution in [3.63, 3.8) is 0 Å². The minimum absolute atomic E-state index is 0.0155. The number of nitrogens with zero attached hydrogens (tertiary/aromatic N) is 1. The van der Waals surface area contributed by atoms with Crippen LogP contribution in [-0.4, -0.2) is 10.9 Å². The number of nitrogens with one attached hydrogen (secondary N) is 1. The SMILES string of the molecule is FC1(F)CCC(c2ccc(SNCc3ccncc3)cc2)CC1. The molecule has 1 aromatic carbocycles. The molecule has 0 bridgehead atoms. The Labute approximate surface area is 139 Å². The van der Waals surface area contributed by atoms with Gasteiger partial charge in [-0.15, -0.1) is 0 Å². The molecule has 0 spiro atoms. The van der Waals surface area contributed by atoms with E-state index in [-0.39, 0.29) is 18.8 Å². The van der Waals surface area contributed by atoms with Crippen LogP contribution in [0.15, 0.2) is 53.7 Å². The van der Waals surface area contributed by atoms with Crippen molar-refractivity contribution in [3.05, 3.63) is 59.9 Å². The van der Waals surface area contributed by atoms with Gasteiger partial charge in [-0.05, 0) is 66.1 Å². The summed E-state index contributed by atoms with van der Waals surface area (Å²) in [4.78, 5) is 5.12. The summed E-state index contributed by atoms with van der Waals surface area (Å²) in [6.45, 7) is 0.770. The van der Waals surface area contributed by atoms with Crippen LogP contribution in [0.5, 0.6) is 0 Å². The van der Waals surface area contributed by atoms with Crippen molar-refractivity contribution in [1.82, 2.24) is 9.71 Å². The van der Waals surface area contributed by atoms with E-state index in [4.69, 9.17) is 0 Å². The van der Waals surface area contributed by atoms with Crippen molar-refractivity contribution in [1.29, 1.82) is 0 Å². The smallest absolute Gasteiger partial charge is 0.248 e. The van der Waals surface area contributed by atoms with E-state index < -0.39 is 5.92 Å². The van der Waals surface area contributed by atoms with Crippen LogP contribution in [0.1, 0.15) is 42.7 Å². The fourth-order valence-corrected chi connectivity index (χ4v) is 3.56. The van der Waals surface area contributed by atoms with E-state index in [2.05, 4.69) is 34.0 Å². The molecule has 0 saturated heterocycles. The van der Waals surface area contributed by atoms with E-state index in [1.54, 1.807) is 24.3 Å². The fraction of sp³-hybridized carbons (Fsp3) is 0.389. The minimum Gasteiger partial charge on any atom is -0.265 e. The van der Waals surface area contributed by atoms with Crippen LogP contribution in [0.2, 0.25) is 0 Å². The molecule has 3 rings (SSSR count). The van der Waals surface area contributed by atoms with Gasteiger partial charge in [-0.2, -0.15) is 0 Å². The van der Waals surface area contributed by atoms with Crippen LogP contribution in [0.3, 0.4) is 0 Å². The molecule has 0 unspecified atom stereocenters. The lowest BCUT2D eigenvalue weighted by Gasteiger charge is -2.28. The van der Waals surface area contributed by atoms with E-state index in [0.717, 1.165) is 11.4 Å². The molecule has 1 saturated carbocycles. The zero-order valence-corrected chi connectivity index (χ0v) is 13.7. The highest BCUT2D eigenvalue weighted by Crippen LogP contribution is 2.41. The molecule has 0 atom stereocenters. The molecule has 0 radical (unpaired) electrons. The largest absolute Gasteiger partial charge is 0.265 e. The van der Waals surface area contributed by atoms with Gasteiger partial charge in [0.1, 0.15) is 0 Å². The molecule has 1 aliphatic rings. The van der Waals surface area contributed by atoms with E-state index in [9.17, 15) is 8.78 Å². The normalized spacial score (nSPS) is 18.0. The Kier molecular flexibility index (Phi) is 5.28. The number of alkyl halides is 2. The Morgan fingerprint density at radius 1 is 1.04 bits per heavy atom. The van der Waals surface area contributed by atoms with Gasteiger partial charge in [0, 0.05) is 36.7 Å². The average Bonchev–Trinajstić information content (AvgIpc) is 2.57. The van der Waals surface area contributed by atoms with Gasteiger partial charge in [0.25, 0.3) is 0 Å². The first-order valence-corrected chi connectivity index (χ1v) is 8.70. The molecular formula is C18H20F2N2S. The quantitative estimate of drug-likeness (QED) is 0.764. The molecule has 1 heterocycles. The van der Waals surface area contributed by atoms with Crippen LogP contribution >= 0.6 is 11.9 Å². The van der Waals surface area contributed by atoms with E-state index in [1.165, 1.54) is 11.1 Å². The maximum Gasteiger partial charge on any atom is 0.248 e. The van der Waals surface area contributed by atoms with Crippen LogP contribution in [-0.2, 0) is 6.54 Å². The molecule has 1 N–H and O–H groups in total. The summed E-state index contributed by atoms with van der Waals surface area (Å²) >= 11 is 1.58. The first-order chi connectivity index (χ1) is 11.1. The second-order valence-electron chi connectivity index (χ2n) is 5.98. The second kappa shape index (κ2) is 7.41. The number of benzene rings is 1. The summed E-state index contributed by atoms with van der Waals surface area (Å²) in [6.07, 6.45) is 4.76. The van der Waals surface area contributed by atoms with Gasteiger partial charge in [-0.3, -0.25) is 9.71 Å². The molecule has 122 valence electrons. The van der Waals surface area contributed by atoms with E-state index in [1.807, 2.05) is 12.1 Å². The fourth-order valence-electron chi connectivity index (χ4n) is 2.88. The summed E-state index contributed by atoms with van der Waals surface area (Å²) in [5, 5.41) is 0. The van der Waals surface area contributed by atoms with Gasteiger partial charge in [0.2, 0.25) is 5.92 Å². The van der Waals surface area contributed by atoms with Gasteiger partial charge in [-0.25, -0.2) is 8.78 Å². The van der Waals surface area contributed by atoms with Crippen molar-refractivity contribution < 1.29 is 8.78 Å². The minimum atomic E-state index is -2.46. The molecular weight excluding hydrogens is 314 g/mol. The van der Waals surface area contributed by atoms with Crippen molar-refractivity contribution in [2.45, 2.75) is 49.0 Å². The lowest BCUT2D eigenvalue weighted by Crippen LogP contribution is -2.23. The van der Waals surface area contributed by atoms with E-state index in [0.29, 0.717) is 12.8 Å². The van der Waals surface area contributed by atoms with Crippen molar-refractivity contribution in [2.24, 2.45) is 0 Å². The van der Waals surface area contributed by atoms with Crippen molar-refractivity contribution >= 4 is 11.9 Å². The summed E-state index contributed by atoms with van der Waals surface area (Å²) < 4.78 is 29.8. The van der Waals surface area contributed by atoms with Gasteiger partial charge < -0.3 is 0 Å². The first kappa shape index (κ1) is 16.4. The molecule has 5 heteroatoms. The number of pyridine rings is 1. The highest BCUT2D eigenvalue weighted by Gasteiger charge is 2.35. The van der Waals surface area contributed by atoms with E-state index >= 15 is 0 Å². The first-order valence-electron chi connectivity index (χ1n) is 7.89. The Morgan fingerprint density at radius 3 is 2.35 bits per heavy atom. The summed E-state index contributed by atoms with van der Waals surface area (Å²) in [5.74, 6) is -2.18. The van der Waals surface area contributed by atoms with Gasteiger partial charge >= 0.3 is 0 Å². The third-order valence-corrected chi connectivity index (χ3v) is 5.08. The molecule has 1 aliphatic carbocycles. The number of aromatic nitrogens is 1. The lowest BCUT2D eigenvalue weighted by molar-refractivity contribution is -0.0382. The van der Waals surface area contributed by atoms with Crippen LogP contribution in [0.25, 0.3) is 0 Å². The Bertz CT molecular complexity index is 607. The monoisotopic (exact) mass is 334 g/mol. The number of hydrogen-bond acceptors (Lipinski definition) is 3. The molecule has 23 heavy (non-hydrogen) atoms. The van der Waals surface area contributed by atoms with Gasteiger partial charge in [0.15, 0.2) is 0 Å². The van der Waals surface area contributed by atoms with Crippen LogP contribution in [0.4, 0.5) is 8.78 Å². The molecule has 1 aromatic heterocycles. The van der Waals surface area contributed by atoms with Crippen molar-refractivity contribution in [2.75, 3.05) is 0 Å². The molecule has 0 amide bonds. The summed E-state index contributed by atoms with van der Waals surface area (Å²) in [6, 6.07) is 12.2. The predicted octanol–water partition coefficient (Wildman–Crippen LogP) is 5.17. The van der Waals surface area contributed by atoms with Crippen LogP contribution < -0.4 is 4.72 Å². The summed E-state index contributed by atoms with van der Waals surface area (Å²) in [7, 11) is 0. The molecule has 2 aromatic rings. The van der Waals surface area contributed by atoms with Crippen LogP contribution in [0, 0.1) is 0 Å². The van der Waals surface area contributed by atoms with Crippen molar-refractivity contribution in [3.8, 4) is 0 Å². The Hall–Kier alpha value is -1.46. The zero-order chi connectivity index (χ0) is 16.1. The number of hydrogen-bond donors (Lipinski definition) is 1. The van der Waals surface area contributed by atoms with Gasteiger partial charge in [-0.1, -0.05) is 12.1 Å². The second-order valence-corrected chi connectivity index (χ2v) is 6.94. The summed E-state index contributed by atoms with van der Waals surface area (Å²) in [5.41, 5.74) is 2.37. The third kappa shape index (κ3) is 4.75. The Morgan fingerprint density at radius 2 is 1.70 bits per heavy atom. The predicted molar refractivity (Wildman–Crippen MR) is 89.5 cm³/mol. The zero-order valence-electron chi connectivity index (χ0n) is 12.8. The third-order valence-electron chi connectivity index (χ3n) is 4.28. The number of rotatable bonds is 5. The highest BCUT2D eigenvalue weighted by molar-refractivity contribution is 7.97. The maximum atomic E-state index is 13.2. The Balaban J connectivity index is 1.49. The average molecular weight is 334 g/mol. The highest BCUT2D eigenvalue weighted by atomic mass is 32.2. The standard InChI is InChI=1S/C18H20F2N2S/c19-18(20)9-5-16(6-10-18)15-1-3-17(4-2-15)23-22-13-14-7-11-21-12-8-14/h1-4,7-8,11-12,16,22H,5-6,9-10,13H2. The van der Waals surface area contributed by atoms with Gasteiger partial charge in [0.05, 0.1) is 0 Å². The molecule has 0 aliphatic heterocycles. The maximum absolute atomic E-state index is 13.2. The molecule has 1 fully saturated rings.